The van der Waals surface area contributed by atoms with Crippen LogP contribution in [0.4, 0.5) is 0 Å². The summed E-state index contributed by atoms with van der Waals surface area (Å²) in [6.45, 7) is 4.93. The molecule has 0 N–H and O–H groups in total. The molecule has 3 nitrogen and oxygen atoms in total. The largest absolute Gasteiger partial charge is 0.208 e. The maximum Gasteiger partial charge on any atom is 0.164 e. The first-order valence-electron chi connectivity index (χ1n) is 16.1. The molecule has 47 heavy (non-hydrogen) atoms. The van der Waals surface area contributed by atoms with Gasteiger partial charge >= 0.3 is 0 Å². The third kappa shape index (κ3) is 4.44. The van der Waals surface area contributed by atoms with Crippen molar-refractivity contribution < 1.29 is 0 Å². The molecule has 0 aliphatic carbocycles. The van der Waals surface area contributed by atoms with Crippen LogP contribution in [0.1, 0.15) is 0 Å². The van der Waals surface area contributed by atoms with Gasteiger partial charge in [0.2, 0.25) is 0 Å². The van der Waals surface area contributed by atoms with Gasteiger partial charge in [0.05, 0.1) is 0 Å². The highest BCUT2D eigenvalue weighted by Crippen LogP contribution is 2.38. The number of benzene rings is 7. The molecule has 0 fully saturated rings. The molecule has 7 aromatic carbocycles. The summed E-state index contributed by atoms with van der Waals surface area (Å²) in [5, 5.41) is 7.84. The van der Waals surface area contributed by atoms with E-state index in [1.165, 1.54) is 48.8 Å². The first-order chi connectivity index (χ1) is 23.1. The fourth-order valence-electron chi connectivity index (χ4n) is 7.37. The Morgan fingerprint density at radius 3 is 1.68 bits per heavy atom. The van der Waals surface area contributed by atoms with Crippen LogP contribution in [-0.4, -0.2) is 23.0 Å². The van der Waals surface area contributed by atoms with Crippen molar-refractivity contribution in [1.29, 1.82) is 0 Å². The van der Waals surface area contributed by atoms with Gasteiger partial charge in [-0.15, -0.1) is 0 Å². The summed E-state index contributed by atoms with van der Waals surface area (Å²) in [5.74, 6) is 2.02. The molecule has 0 saturated heterocycles. The second-order valence-corrected chi connectivity index (χ2v) is 17.2. The van der Waals surface area contributed by atoms with Crippen LogP contribution in [0.15, 0.2) is 152 Å². The molecule has 0 saturated carbocycles. The topological polar surface area (TPSA) is 38.7 Å². The Kier molecular flexibility index (Phi) is 6.27. The predicted octanol–water partition coefficient (Wildman–Crippen LogP) is 9.65. The SMILES string of the molecule is C[Si]1(C)c2ccc(-c3nc(-c4ccccc4)nc(-c4ccc(-c5ccccc5)c5ccccc45)n3)cc2-c2c1ccc1ccccc21. The van der Waals surface area contributed by atoms with Crippen LogP contribution in [0.2, 0.25) is 13.1 Å². The number of hydrogen-bond donors (Lipinski definition) is 0. The van der Waals surface area contributed by atoms with Gasteiger partial charge in [-0.2, -0.15) is 0 Å². The Balaban J connectivity index is 1.27. The van der Waals surface area contributed by atoms with Gasteiger partial charge in [-0.25, -0.2) is 15.0 Å². The molecule has 0 amide bonds. The minimum absolute atomic E-state index is 0.669. The van der Waals surface area contributed by atoms with E-state index in [0.717, 1.165) is 22.1 Å². The van der Waals surface area contributed by atoms with Crippen molar-refractivity contribution in [2.75, 3.05) is 0 Å². The first kappa shape index (κ1) is 27.6. The lowest BCUT2D eigenvalue weighted by atomic mass is 9.94. The minimum Gasteiger partial charge on any atom is -0.208 e. The van der Waals surface area contributed by atoms with E-state index in [4.69, 9.17) is 15.0 Å². The maximum atomic E-state index is 5.22. The van der Waals surface area contributed by atoms with Crippen LogP contribution in [0.3, 0.4) is 0 Å². The third-order valence-electron chi connectivity index (χ3n) is 9.74. The number of rotatable bonds is 4. The summed E-state index contributed by atoms with van der Waals surface area (Å²) >= 11 is 0. The van der Waals surface area contributed by atoms with Crippen molar-refractivity contribution in [3.63, 3.8) is 0 Å². The fourth-order valence-corrected chi connectivity index (χ4v) is 10.4. The molecule has 0 bridgehead atoms. The van der Waals surface area contributed by atoms with Crippen molar-refractivity contribution in [1.82, 2.24) is 15.0 Å². The quantitative estimate of drug-likeness (QED) is 0.185. The van der Waals surface area contributed by atoms with Crippen molar-refractivity contribution >= 4 is 40.0 Å². The second-order valence-electron chi connectivity index (χ2n) is 12.8. The second kappa shape index (κ2) is 10.7. The molecule has 4 heteroatoms. The van der Waals surface area contributed by atoms with E-state index in [9.17, 15) is 0 Å². The first-order valence-corrected chi connectivity index (χ1v) is 19.1. The molecule has 1 aliphatic rings. The van der Waals surface area contributed by atoms with E-state index in [1.807, 2.05) is 18.2 Å². The zero-order chi connectivity index (χ0) is 31.5. The lowest BCUT2D eigenvalue weighted by Gasteiger charge is -2.19. The average molecular weight is 618 g/mol. The van der Waals surface area contributed by atoms with E-state index in [1.54, 1.807) is 0 Å². The van der Waals surface area contributed by atoms with Gasteiger partial charge in [0.25, 0.3) is 0 Å². The summed E-state index contributed by atoms with van der Waals surface area (Å²) < 4.78 is 0. The molecule has 0 radical (unpaired) electrons. The molecule has 9 rings (SSSR count). The summed E-state index contributed by atoms with van der Waals surface area (Å²) in [6.07, 6.45) is 0. The monoisotopic (exact) mass is 617 g/mol. The van der Waals surface area contributed by atoms with Crippen LogP contribution in [0, 0.1) is 0 Å². The van der Waals surface area contributed by atoms with Crippen molar-refractivity contribution in [2.45, 2.75) is 13.1 Å². The van der Waals surface area contributed by atoms with Gasteiger partial charge in [-0.05, 0) is 66.3 Å². The summed E-state index contributed by atoms with van der Waals surface area (Å²) in [5.41, 5.74) is 8.03. The number of hydrogen-bond acceptors (Lipinski definition) is 3. The van der Waals surface area contributed by atoms with Gasteiger partial charge in [0, 0.05) is 16.7 Å². The minimum atomic E-state index is -1.87. The smallest absolute Gasteiger partial charge is 0.164 e. The summed E-state index contributed by atoms with van der Waals surface area (Å²) in [4.78, 5) is 15.4. The molecule has 8 aromatic rings. The Labute approximate surface area is 275 Å². The fraction of sp³-hybridized carbons (Fsp3) is 0.0465. The lowest BCUT2D eigenvalue weighted by Crippen LogP contribution is -2.49. The van der Waals surface area contributed by atoms with Crippen LogP contribution < -0.4 is 10.4 Å². The molecule has 0 spiro atoms. The number of nitrogens with zero attached hydrogens (tertiary/aromatic N) is 3. The molecule has 0 atom stereocenters. The van der Waals surface area contributed by atoms with Gasteiger partial charge in [-0.1, -0.05) is 153 Å². The van der Waals surface area contributed by atoms with Gasteiger partial charge < -0.3 is 0 Å². The molecular weight excluding hydrogens is 587 g/mol. The number of fused-ring (bicyclic) bond motifs is 6. The van der Waals surface area contributed by atoms with Crippen LogP contribution in [0.25, 0.3) is 78.0 Å². The Morgan fingerprint density at radius 2 is 0.936 bits per heavy atom. The average Bonchev–Trinajstić information content (AvgIpc) is 3.37. The highest BCUT2D eigenvalue weighted by Gasteiger charge is 2.38. The molecule has 1 aliphatic heterocycles. The Morgan fingerprint density at radius 1 is 0.383 bits per heavy atom. The van der Waals surface area contributed by atoms with Crippen molar-refractivity contribution in [2.24, 2.45) is 0 Å². The predicted molar refractivity (Wildman–Crippen MR) is 199 cm³/mol. The highest BCUT2D eigenvalue weighted by molar-refractivity contribution is 7.04. The third-order valence-corrected chi connectivity index (χ3v) is 13.3. The normalized spacial score (nSPS) is 13.1. The van der Waals surface area contributed by atoms with Crippen LogP contribution in [0.5, 0.6) is 0 Å². The van der Waals surface area contributed by atoms with Gasteiger partial charge in [0.1, 0.15) is 8.07 Å². The zero-order valence-corrected chi connectivity index (χ0v) is 27.3. The van der Waals surface area contributed by atoms with Crippen LogP contribution in [-0.2, 0) is 0 Å². The molecule has 1 aromatic heterocycles. The van der Waals surface area contributed by atoms with Gasteiger partial charge in [-0.3, -0.25) is 0 Å². The van der Waals surface area contributed by atoms with Crippen molar-refractivity contribution in [3.8, 4) is 56.4 Å². The lowest BCUT2D eigenvalue weighted by molar-refractivity contribution is 1.08. The van der Waals surface area contributed by atoms with Crippen molar-refractivity contribution in [3.05, 3.63) is 152 Å². The number of aromatic nitrogens is 3. The van der Waals surface area contributed by atoms with E-state index < -0.39 is 8.07 Å². The van der Waals surface area contributed by atoms with E-state index in [0.29, 0.717) is 17.5 Å². The molecule has 222 valence electrons. The summed E-state index contributed by atoms with van der Waals surface area (Å²) in [6, 6.07) is 54.0. The standard InChI is InChI=1S/C43H31N3Si/c1-47(2)38-25-22-31(27-37(38)40-33-18-10-9-15-29(33)21-26-39(40)47)42-44-41(30-16-7-4-8-17-30)45-43(46-42)36-24-23-32(28-13-5-3-6-14-28)34-19-11-12-20-35(34)36/h3-27H,1-2H3. The van der Waals surface area contributed by atoms with Crippen LogP contribution >= 0.6 is 0 Å². The molecule has 2 heterocycles. The van der Waals surface area contributed by atoms with E-state index >= 15 is 0 Å². The zero-order valence-electron chi connectivity index (χ0n) is 26.3. The maximum absolute atomic E-state index is 5.22. The molecular formula is C43H31N3Si. The highest BCUT2D eigenvalue weighted by atomic mass is 28.3. The van der Waals surface area contributed by atoms with Gasteiger partial charge in [0.15, 0.2) is 17.5 Å². The summed E-state index contributed by atoms with van der Waals surface area (Å²) in [7, 11) is -1.87. The van der Waals surface area contributed by atoms with E-state index in [-0.39, 0.29) is 0 Å². The van der Waals surface area contributed by atoms with E-state index in [2.05, 4.69) is 147 Å². The molecule has 0 unspecified atom stereocenters. The Bertz CT molecular complexity index is 2490. The Hall–Kier alpha value is -5.71.